The summed E-state index contributed by atoms with van der Waals surface area (Å²) in [5.41, 5.74) is 0.271. The molecule has 3 heteroatoms. The van der Waals surface area contributed by atoms with Gasteiger partial charge in [-0.3, -0.25) is 4.79 Å². The molecule has 2 nitrogen and oxygen atoms in total. The molecule has 1 N–H and O–H groups in total. The van der Waals surface area contributed by atoms with Crippen molar-refractivity contribution >= 4 is 21.8 Å². The molecule has 1 fully saturated rings. The van der Waals surface area contributed by atoms with Crippen molar-refractivity contribution < 1.29 is 4.79 Å². The summed E-state index contributed by atoms with van der Waals surface area (Å²) in [6, 6.07) is 0.245. The van der Waals surface area contributed by atoms with Crippen LogP contribution in [0.3, 0.4) is 0 Å². The predicted octanol–water partition coefficient (Wildman–Crippen LogP) is 3.35. The summed E-state index contributed by atoms with van der Waals surface area (Å²) in [6.07, 6.45) is 0.972. The van der Waals surface area contributed by atoms with Gasteiger partial charge in [0.2, 0.25) is 5.91 Å². The zero-order valence-electron chi connectivity index (χ0n) is 11.2. The summed E-state index contributed by atoms with van der Waals surface area (Å²) in [5.74, 6) is 0.378. The zero-order chi connectivity index (χ0) is 12.7. The normalized spacial score (nSPS) is 25.9. The average molecular weight is 290 g/mol. The number of nitrogens with one attached hydrogen (secondary N) is 1. The van der Waals surface area contributed by atoms with Crippen molar-refractivity contribution in [1.29, 1.82) is 0 Å². The Morgan fingerprint density at radius 3 is 2.00 bits per heavy atom. The molecule has 2 atom stereocenters. The minimum Gasteiger partial charge on any atom is -0.353 e. The second kappa shape index (κ2) is 4.32. The molecule has 1 rings (SSSR count). The molecule has 1 aliphatic carbocycles. The Labute approximate surface area is 108 Å². The Kier molecular flexibility index (Phi) is 3.78. The molecular weight excluding hydrogens is 266 g/mol. The van der Waals surface area contributed by atoms with E-state index in [1.807, 2.05) is 0 Å². The molecule has 1 amide bonds. The maximum absolute atomic E-state index is 12.1. The van der Waals surface area contributed by atoms with Gasteiger partial charge in [0.25, 0.3) is 0 Å². The third-order valence-corrected chi connectivity index (χ3v) is 4.72. The van der Waals surface area contributed by atoms with Gasteiger partial charge in [0, 0.05) is 16.8 Å². The SMILES string of the molecule is CC(Br)CC(C)NC(=O)C1C(C)(C)C1(C)C. The predicted molar refractivity (Wildman–Crippen MR) is 71.7 cm³/mol. The lowest BCUT2D eigenvalue weighted by molar-refractivity contribution is -0.124. The molecule has 0 aromatic rings. The van der Waals surface area contributed by atoms with Gasteiger partial charge in [0.1, 0.15) is 0 Å². The van der Waals surface area contributed by atoms with E-state index in [0.717, 1.165) is 6.42 Å². The molecule has 0 aromatic heterocycles. The Balaban J connectivity index is 2.50. The summed E-state index contributed by atoms with van der Waals surface area (Å²) in [5, 5.41) is 3.12. The highest BCUT2D eigenvalue weighted by Crippen LogP contribution is 2.68. The van der Waals surface area contributed by atoms with Crippen LogP contribution in [0.25, 0.3) is 0 Å². The van der Waals surface area contributed by atoms with Crippen LogP contribution in [0.5, 0.6) is 0 Å². The standard InChI is InChI=1S/C13H24BrNO/c1-8(14)7-9(2)15-11(16)10-12(3,4)13(10,5)6/h8-10H,7H2,1-6H3,(H,15,16). The van der Waals surface area contributed by atoms with Gasteiger partial charge >= 0.3 is 0 Å². The van der Waals surface area contributed by atoms with Crippen LogP contribution in [-0.4, -0.2) is 16.8 Å². The Bertz CT molecular complexity index is 270. The van der Waals surface area contributed by atoms with Crippen molar-refractivity contribution in [2.24, 2.45) is 16.7 Å². The average Bonchev–Trinajstić information content (AvgIpc) is 2.39. The summed E-state index contributed by atoms with van der Waals surface area (Å²) in [4.78, 5) is 12.5. The van der Waals surface area contributed by atoms with Crippen molar-refractivity contribution in [3.05, 3.63) is 0 Å². The molecule has 0 radical (unpaired) electrons. The van der Waals surface area contributed by atoms with Crippen LogP contribution < -0.4 is 5.32 Å². The van der Waals surface area contributed by atoms with E-state index in [4.69, 9.17) is 0 Å². The van der Waals surface area contributed by atoms with Gasteiger partial charge in [-0.25, -0.2) is 0 Å². The molecule has 0 aliphatic heterocycles. The number of hydrogen-bond donors (Lipinski definition) is 1. The number of carbonyl (C=O) groups excluding carboxylic acids is 1. The number of hydrogen-bond acceptors (Lipinski definition) is 1. The molecule has 0 bridgehead atoms. The van der Waals surface area contributed by atoms with E-state index >= 15 is 0 Å². The lowest BCUT2D eigenvalue weighted by Crippen LogP contribution is -2.36. The van der Waals surface area contributed by atoms with E-state index in [1.54, 1.807) is 0 Å². The highest BCUT2D eigenvalue weighted by Gasteiger charge is 2.68. The summed E-state index contributed by atoms with van der Waals surface area (Å²) < 4.78 is 0. The van der Waals surface area contributed by atoms with E-state index in [0.29, 0.717) is 4.83 Å². The number of halogens is 1. The van der Waals surface area contributed by atoms with Gasteiger partial charge in [0.15, 0.2) is 0 Å². The van der Waals surface area contributed by atoms with Gasteiger partial charge in [-0.1, -0.05) is 50.5 Å². The largest absolute Gasteiger partial charge is 0.353 e. The van der Waals surface area contributed by atoms with Crippen molar-refractivity contribution in [3.8, 4) is 0 Å². The fourth-order valence-electron chi connectivity index (χ4n) is 2.72. The Morgan fingerprint density at radius 2 is 1.69 bits per heavy atom. The van der Waals surface area contributed by atoms with E-state index < -0.39 is 0 Å². The molecular formula is C13H24BrNO. The number of rotatable bonds is 4. The molecule has 0 saturated heterocycles. The van der Waals surface area contributed by atoms with Crippen LogP contribution in [0.2, 0.25) is 0 Å². The van der Waals surface area contributed by atoms with Crippen LogP contribution in [-0.2, 0) is 4.79 Å². The lowest BCUT2D eigenvalue weighted by Gasteiger charge is -2.15. The lowest BCUT2D eigenvalue weighted by atomic mass is 10.0. The van der Waals surface area contributed by atoms with Gasteiger partial charge in [-0.05, 0) is 24.2 Å². The molecule has 0 aromatic carbocycles. The van der Waals surface area contributed by atoms with Gasteiger partial charge in [-0.2, -0.15) is 0 Å². The minimum absolute atomic E-state index is 0.136. The first kappa shape index (κ1) is 14.0. The quantitative estimate of drug-likeness (QED) is 0.790. The van der Waals surface area contributed by atoms with Crippen molar-refractivity contribution in [3.63, 3.8) is 0 Å². The highest BCUT2D eigenvalue weighted by molar-refractivity contribution is 9.09. The smallest absolute Gasteiger partial charge is 0.224 e. The van der Waals surface area contributed by atoms with Crippen LogP contribution in [0.1, 0.15) is 48.0 Å². The summed E-state index contributed by atoms with van der Waals surface area (Å²) in [7, 11) is 0. The first-order chi connectivity index (χ1) is 7.10. The van der Waals surface area contributed by atoms with Gasteiger partial charge in [-0.15, -0.1) is 0 Å². The molecule has 0 spiro atoms. The number of carbonyl (C=O) groups is 1. The second-order valence-corrected chi connectivity index (χ2v) is 7.87. The second-order valence-electron chi connectivity index (χ2n) is 6.30. The molecule has 16 heavy (non-hydrogen) atoms. The molecule has 1 aliphatic rings. The molecule has 2 unspecified atom stereocenters. The van der Waals surface area contributed by atoms with Gasteiger partial charge < -0.3 is 5.32 Å². The van der Waals surface area contributed by atoms with Crippen LogP contribution in [0, 0.1) is 16.7 Å². The van der Waals surface area contributed by atoms with Gasteiger partial charge in [0.05, 0.1) is 0 Å². The number of amides is 1. The molecule has 0 heterocycles. The third kappa shape index (κ3) is 2.44. The monoisotopic (exact) mass is 289 g/mol. The molecule has 94 valence electrons. The fourth-order valence-corrected chi connectivity index (χ4v) is 3.28. The zero-order valence-corrected chi connectivity index (χ0v) is 12.8. The minimum atomic E-state index is 0.136. The van der Waals surface area contributed by atoms with Crippen LogP contribution in [0.15, 0.2) is 0 Å². The van der Waals surface area contributed by atoms with E-state index in [-0.39, 0.29) is 28.7 Å². The fraction of sp³-hybridized carbons (Fsp3) is 0.923. The first-order valence-electron chi connectivity index (χ1n) is 6.05. The van der Waals surface area contributed by atoms with Crippen molar-refractivity contribution in [2.45, 2.75) is 58.8 Å². The third-order valence-electron chi connectivity index (χ3n) is 4.35. The maximum Gasteiger partial charge on any atom is 0.224 e. The number of alkyl halides is 1. The van der Waals surface area contributed by atoms with E-state index in [2.05, 4.69) is 62.8 Å². The first-order valence-corrected chi connectivity index (χ1v) is 6.96. The van der Waals surface area contributed by atoms with Crippen molar-refractivity contribution in [1.82, 2.24) is 5.32 Å². The van der Waals surface area contributed by atoms with E-state index in [1.165, 1.54) is 0 Å². The molecule has 1 saturated carbocycles. The van der Waals surface area contributed by atoms with Crippen LogP contribution in [0.4, 0.5) is 0 Å². The topological polar surface area (TPSA) is 29.1 Å². The Hall–Kier alpha value is -0.0500. The Morgan fingerprint density at radius 1 is 1.25 bits per heavy atom. The van der Waals surface area contributed by atoms with Crippen molar-refractivity contribution in [2.75, 3.05) is 0 Å². The highest BCUT2D eigenvalue weighted by atomic mass is 79.9. The summed E-state index contributed by atoms with van der Waals surface area (Å²) in [6.45, 7) is 12.9. The van der Waals surface area contributed by atoms with Crippen LogP contribution >= 0.6 is 15.9 Å². The summed E-state index contributed by atoms with van der Waals surface area (Å²) >= 11 is 3.51. The van der Waals surface area contributed by atoms with E-state index in [9.17, 15) is 4.79 Å². The maximum atomic E-state index is 12.1.